The van der Waals surface area contributed by atoms with E-state index in [1.165, 1.54) is 11.3 Å². The molecule has 0 atom stereocenters. The Bertz CT molecular complexity index is 1010. The summed E-state index contributed by atoms with van der Waals surface area (Å²) in [5.41, 5.74) is 3.81. The number of anilines is 1. The van der Waals surface area contributed by atoms with Crippen LogP contribution < -0.4 is 9.64 Å². The number of carbonyl (C=O) groups excluding carboxylic acids is 2. The molecule has 1 aliphatic rings. The summed E-state index contributed by atoms with van der Waals surface area (Å²) < 4.78 is 11.1. The Balaban J connectivity index is 1.54. The number of ketones is 1. The second-order valence-electron chi connectivity index (χ2n) is 10.1. The van der Waals surface area contributed by atoms with Crippen molar-refractivity contribution in [1.29, 1.82) is 0 Å². The molecule has 2 aromatic rings. The number of hydrogen-bond acceptors (Lipinski definition) is 5. The SMILES string of the molecule is CCN1CCc2cc(C(=O)CCCCN(CCc3ccccc3OC)C(=O)OC(C)(C)C)ccc21. The zero-order chi connectivity index (χ0) is 25.4. The Morgan fingerprint density at radius 3 is 2.54 bits per heavy atom. The Labute approximate surface area is 210 Å². The number of para-hydroxylation sites is 1. The largest absolute Gasteiger partial charge is 0.496 e. The molecular weight excluding hydrogens is 440 g/mol. The smallest absolute Gasteiger partial charge is 0.410 e. The number of amides is 1. The third-order valence-corrected chi connectivity index (χ3v) is 6.35. The van der Waals surface area contributed by atoms with Crippen molar-refractivity contribution in [2.24, 2.45) is 0 Å². The fourth-order valence-corrected chi connectivity index (χ4v) is 4.49. The van der Waals surface area contributed by atoms with E-state index >= 15 is 0 Å². The van der Waals surface area contributed by atoms with Gasteiger partial charge in [0.25, 0.3) is 0 Å². The second-order valence-corrected chi connectivity index (χ2v) is 10.1. The third kappa shape index (κ3) is 7.48. The van der Waals surface area contributed by atoms with Crippen molar-refractivity contribution in [2.45, 2.75) is 65.4 Å². The van der Waals surface area contributed by atoms with Gasteiger partial charge in [-0.2, -0.15) is 0 Å². The second kappa shape index (κ2) is 12.1. The van der Waals surface area contributed by atoms with Gasteiger partial charge in [0.2, 0.25) is 0 Å². The van der Waals surface area contributed by atoms with Gasteiger partial charge in [0.15, 0.2) is 5.78 Å². The lowest BCUT2D eigenvalue weighted by molar-refractivity contribution is 0.0249. The molecule has 1 aliphatic heterocycles. The van der Waals surface area contributed by atoms with E-state index in [0.29, 0.717) is 25.9 Å². The quantitative estimate of drug-likeness (QED) is 0.296. The molecule has 3 rings (SSSR count). The van der Waals surface area contributed by atoms with Crippen molar-refractivity contribution in [3.63, 3.8) is 0 Å². The maximum Gasteiger partial charge on any atom is 0.410 e. The first-order valence-electron chi connectivity index (χ1n) is 12.7. The van der Waals surface area contributed by atoms with Crippen LogP contribution in [0.2, 0.25) is 0 Å². The number of carbonyl (C=O) groups is 2. The zero-order valence-electron chi connectivity index (χ0n) is 21.9. The first kappa shape index (κ1) is 26.6. The van der Waals surface area contributed by atoms with E-state index in [-0.39, 0.29) is 11.9 Å². The average Bonchev–Trinajstić information content (AvgIpc) is 3.24. The fourth-order valence-electron chi connectivity index (χ4n) is 4.49. The minimum absolute atomic E-state index is 0.167. The minimum atomic E-state index is -0.559. The van der Waals surface area contributed by atoms with E-state index in [0.717, 1.165) is 49.2 Å². The van der Waals surface area contributed by atoms with E-state index in [9.17, 15) is 9.59 Å². The summed E-state index contributed by atoms with van der Waals surface area (Å²) in [6.07, 6.45) is 3.30. The van der Waals surface area contributed by atoms with Gasteiger partial charge in [-0.25, -0.2) is 4.79 Å². The van der Waals surface area contributed by atoms with E-state index in [1.807, 2.05) is 51.1 Å². The van der Waals surface area contributed by atoms with Crippen LogP contribution in [-0.4, -0.2) is 55.7 Å². The molecule has 0 radical (unpaired) electrons. The van der Waals surface area contributed by atoms with Gasteiger partial charge in [-0.3, -0.25) is 4.79 Å². The van der Waals surface area contributed by atoms with Crippen LogP contribution in [0.5, 0.6) is 5.75 Å². The molecule has 1 heterocycles. The topological polar surface area (TPSA) is 59.1 Å². The molecule has 6 heteroatoms. The molecule has 0 saturated carbocycles. The van der Waals surface area contributed by atoms with Crippen molar-refractivity contribution in [2.75, 3.05) is 38.2 Å². The van der Waals surface area contributed by atoms with E-state index in [4.69, 9.17) is 9.47 Å². The highest BCUT2D eigenvalue weighted by atomic mass is 16.6. The van der Waals surface area contributed by atoms with Crippen LogP contribution in [0.4, 0.5) is 10.5 Å². The highest BCUT2D eigenvalue weighted by molar-refractivity contribution is 5.96. The molecule has 6 nitrogen and oxygen atoms in total. The lowest BCUT2D eigenvalue weighted by atomic mass is 10.0. The van der Waals surface area contributed by atoms with E-state index < -0.39 is 5.60 Å². The highest BCUT2D eigenvalue weighted by Crippen LogP contribution is 2.29. The molecule has 2 aromatic carbocycles. The van der Waals surface area contributed by atoms with Crippen molar-refractivity contribution in [1.82, 2.24) is 4.90 Å². The summed E-state index contributed by atoms with van der Waals surface area (Å²) in [4.78, 5) is 29.7. The van der Waals surface area contributed by atoms with Crippen molar-refractivity contribution in [3.05, 3.63) is 59.2 Å². The first-order valence-corrected chi connectivity index (χ1v) is 12.7. The lowest BCUT2D eigenvalue weighted by Gasteiger charge is -2.27. The lowest BCUT2D eigenvalue weighted by Crippen LogP contribution is -2.38. The molecule has 0 saturated heterocycles. The van der Waals surface area contributed by atoms with Gasteiger partial charge in [0.05, 0.1) is 7.11 Å². The number of ether oxygens (including phenoxy) is 2. The van der Waals surface area contributed by atoms with Crippen LogP contribution in [0, 0.1) is 0 Å². The molecule has 0 fully saturated rings. The first-order chi connectivity index (χ1) is 16.7. The minimum Gasteiger partial charge on any atom is -0.496 e. The van der Waals surface area contributed by atoms with E-state index in [2.05, 4.69) is 24.0 Å². The standard InChI is InChI=1S/C29H40N2O4/c1-6-30-19-17-23-21-24(14-15-25(23)30)26(32)12-9-10-18-31(28(33)35-29(2,3)4)20-16-22-11-7-8-13-27(22)34-5/h7-8,11,13-15,21H,6,9-10,12,16-20H2,1-5H3. The number of unbranched alkanes of at least 4 members (excludes halogenated alkanes) is 1. The van der Waals surface area contributed by atoms with Gasteiger partial charge in [0.1, 0.15) is 11.4 Å². The number of nitrogens with zero attached hydrogens (tertiary/aromatic N) is 2. The Morgan fingerprint density at radius 1 is 1.06 bits per heavy atom. The van der Waals surface area contributed by atoms with Crippen LogP contribution in [0.25, 0.3) is 0 Å². The Morgan fingerprint density at radius 2 is 1.83 bits per heavy atom. The van der Waals surface area contributed by atoms with Crippen LogP contribution in [0.3, 0.4) is 0 Å². The molecule has 1 amide bonds. The van der Waals surface area contributed by atoms with Crippen LogP contribution in [0.15, 0.2) is 42.5 Å². The maximum absolute atomic E-state index is 12.8. The molecule has 0 bridgehead atoms. The van der Waals surface area contributed by atoms with Gasteiger partial charge >= 0.3 is 6.09 Å². The monoisotopic (exact) mass is 480 g/mol. The molecule has 0 N–H and O–H groups in total. The maximum atomic E-state index is 12.8. The summed E-state index contributed by atoms with van der Waals surface area (Å²) in [5.74, 6) is 0.985. The van der Waals surface area contributed by atoms with Gasteiger partial charge in [-0.05, 0) is 88.8 Å². The average molecular weight is 481 g/mol. The van der Waals surface area contributed by atoms with Crippen LogP contribution >= 0.6 is 0 Å². The van der Waals surface area contributed by atoms with Crippen molar-refractivity contribution < 1.29 is 19.1 Å². The van der Waals surface area contributed by atoms with Gasteiger partial charge in [0, 0.05) is 43.9 Å². The number of fused-ring (bicyclic) bond motifs is 1. The molecule has 0 aromatic heterocycles. The molecule has 0 aliphatic carbocycles. The predicted octanol–water partition coefficient (Wildman–Crippen LogP) is 5.91. The van der Waals surface area contributed by atoms with Gasteiger partial charge in [-0.1, -0.05) is 18.2 Å². The number of benzene rings is 2. The van der Waals surface area contributed by atoms with Crippen LogP contribution in [0.1, 0.15) is 68.4 Å². The Kier molecular flexibility index (Phi) is 9.19. The number of hydrogen-bond donors (Lipinski definition) is 0. The number of likely N-dealkylation sites (N-methyl/N-ethyl adjacent to an activating group) is 1. The number of methoxy groups -OCH3 is 1. The van der Waals surface area contributed by atoms with Gasteiger partial charge in [-0.15, -0.1) is 0 Å². The van der Waals surface area contributed by atoms with Crippen molar-refractivity contribution >= 4 is 17.6 Å². The summed E-state index contributed by atoms with van der Waals surface area (Å²) in [5, 5.41) is 0. The zero-order valence-corrected chi connectivity index (χ0v) is 21.9. The molecule has 190 valence electrons. The molecule has 0 spiro atoms. The third-order valence-electron chi connectivity index (χ3n) is 6.35. The summed E-state index contributed by atoms with van der Waals surface area (Å²) in [6, 6.07) is 14.0. The highest BCUT2D eigenvalue weighted by Gasteiger charge is 2.23. The Hall–Kier alpha value is -3.02. The molecule has 35 heavy (non-hydrogen) atoms. The van der Waals surface area contributed by atoms with Gasteiger partial charge < -0.3 is 19.3 Å². The van der Waals surface area contributed by atoms with Crippen molar-refractivity contribution in [3.8, 4) is 5.75 Å². The predicted molar refractivity (Wildman–Crippen MR) is 141 cm³/mol. The molecular formula is C29H40N2O4. The summed E-state index contributed by atoms with van der Waals surface area (Å²) in [6.45, 7) is 10.9. The normalized spacial score (nSPS) is 12.9. The fraction of sp³-hybridized carbons (Fsp3) is 0.517. The number of rotatable bonds is 11. The summed E-state index contributed by atoms with van der Waals surface area (Å²) in [7, 11) is 1.66. The summed E-state index contributed by atoms with van der Waals surface area (Å²) >= 11 is 0. The number of Topliss-reactive ketones (excluding diaryl/α,β-unsaturated/α-hetero) is 1. The van der Waals surface area contributed by atoms with Crippen LogP contribution in [-0.2, 0) is 17.6 Å². The molecule has 0 unspecified atom stereocenters. The van der Waals surface area contributed by atoms with E-state index in [1.54, 1.807) is 12.0 Å².